The molecule has 0 aromatic heterocycles. The summed E-state index contributed by atoms with van der Waals surface area (Å²) in [4.78, 5) is 0. The smallest absolute Gasteiger partial charge is 0.564 e. The molecule has 0 fully saturated rings. The quantitative estimate of drug-likeness (QED) is 0.365. The van der Waals surface area contributed by atoms with E-state index in [1.54, 1.807) is 0 Å². The van der Waals surface area contributed by atoms with Gasteiger partial charge >= 0.3 is 51.4 Å². The van der Waals surface area contributed by atoms with Crippen LogP contribution in [0.2, 0.25) is 0 Å². The SMILES string of the molecule is O[CH-]COCc1ccccc1.[K+]. The molecule has 0 aliphatic carbocycles. The fourth-order valence-corrected chi connectivity index (χ4v) is 0.804. The largest absolute Gasteiger partial charge is 1.00 e. The third-order valence-electron chi connectivity index (χ3n) is 1.30. The maximum Gasteiger partial charge on any atom is 1.00 e. The van der Waals surface area contributed by atoms with Crippen molar-refractivity contribution in [1.82, 2.24) is 0 Å². The minimum absolute atomic E-state index is 0. The van der Waals surface area contributed by atoms with Crippen LogP contribution in [0.15, 0.2) is 30.3 Å². The Labute approximate surface area is 115 Å². The van der Waals surface area contributed by atoms with E-state index in [1.165, 1.54) is 0 Å². The van der Waals surface area contributed by atoms with E-state index >= 15 is 0 Å². The van der Waals surface area contributed by atoms with Crippen LogP contribution in [-0.4, -0.2) is 11.7 Å². The average Bonchev–Trinajstić information content (AvgIpc) is 2.07. The van der Waals surface area contributed by atoms with Crippen molar-refractivity contribution in [3.8, 4) is 0 Å². The maximum absolute atomic E-state index is 8.29. The van der Waals surface area contributed by atoms with E-state index in [2.05, 4.69) is 0 Å². The summed E-state index contributed by atoms with van der Waals surface area (Å²) in [6.07, 6.45) is 0. The van der Waals surface area contributed by atoms with Crippen LogP contribution in [0.3, 0.4) is 0 Å². The summed E-state index contributed by atoms with van der Waals surface area (Å²) in [5.74, 6) is 0. The molecule has 0 unspecified atom stereocenters. The summed E-state index contributed by atoms with van der Waals surface area (Å²) in [7, 11) is 0. The van der Waals surface area contributed by atoms with Gasteiger partial charge in [-0.3, -0.25) is 0 Å². The van der Waals surface area contributed by atoms with E-state index in [1.807, 2.05) is 30.3 Å². The average molecular weight is 190 g/mol. The second-order valence-electron chi connectivity index (χ2n) is 2.18. The minimum Gasteiger partial charge on any atom is -0.564 e. The van der Waals surface area contributed by atoms with Crippen molar-refractivity contribution in [1.29, 1.82) is 0 Å². The molecule has 12 heavy (non-hydrogen) atoms. The summed E-state index contributed by atoms with van der Waals surface area (Å²) in [6, 6.07) is 9.85. The Bertz CT molecular complexity index is 189. The van der Waals surface area contributed by atoms with Gasteiger partial charge in [0, 0.05) is 0 Å². The monoisotopic (exact) mass is 190 g/mol. The van der Waals surface area contributed by atoms with Crippen molar-refractivity contribution in [2.75, 3.05) is 6.61 Å². The van der Waals surface area contributed by atoms with Gasteiger partial charge in [0.2, 0.25) is 0 Å². The molecular weight excluding hydrogens is 179 g/mol. The Morgan fingerprint density at radius 3 is 2.50 bits per heavy atom. The van der Waals surface area contributed by atoms with Gasteiger partial charge in [-0.25, -0.2) is 0 Å². The first-order valence-corrected chi connectivity index (χ1v) is 3.51. The van der Waals surface area contributed by atoms with E-state index in [9.17, 15) is 0 Å². The number of benzene rings is 1. The molecule has 1 rings (SSSR count). The number of rotatable bonds is 4. The Morgan fingerprint density at radius 1 is 1.25 bits per heavy atom. The van der Waals surface area contributed by atoms with Crippen LogP contribution in [0.4, 0.5) is 0 Å². The van der Waals surface area contributed by atoms with E-state index in [4.69, 9.17) is 9.84 Å². The molecule has 0 atom stereocenters. The predicted molar refractivity (Wildman–Crippen MR) is 42.3 cm³/mol. The van der Waals surface area contributed by atoms with Gasteiger partial charge < -0.3 is 9.84 Å². The standard InChI is InChI=1S/C9H11O2.K/c10-6-7-11-8-9-4-2-1-3-5-9;/h1-6,10H,7-8H2;/q-1;+1. The zero-order valence-corrected chi connectivity index (χ0v) is 10.4. The number of aliphatic hydroxyl groups is 1. The molecule has 60 valence electrons. The molecule has 0 saturated carbocycles. The van der Waals surface area contributed by atoms with Gasteiger partial charge in [0.1, 0.15) is 0 Å². The number of ether oxygens (including phenoxy) is 1. The van der Waals surface area contributed by atoms with E-state index in [0.717, 1.165) is 12.2 Å². The van der Waals surface area contributed by atoms with Gasteiger partial charge in [-0.1, -0.05) is 36.9 Å². The Balaban J connectivity index is 0.00000121. The molecular formula is C9H11KO2. The number of aliphatic hydroxyl groups excluding tert-OH is 1. The van der Waals surface area contributed by atoms with Gasteiger partial charge in [-0.2, -0.15) is 6.61 Å². The fraction of sp³-hybridized carbons (Fsp3) is 0.222. The first-order valence-electron chi connectivity index (χ1n) is 3.51. The summed E-state index contributed by atoms with van der Waals surface area (Å²) in [6.45, 7) is 1.84. The molecule has 1 aromatic carbocycles. The molecule has 3 heteroatoms. The van der Waals surface area contributed by atoms with Gasteiger partial charge in [-0.15, -0.1) is 0 Å². The fourth-order valence-electron chi connectivity index (χ4n) is 0.804. The normalized spacial score (nSPS) is 9.08. The van der Waals surface area contributed by atoms with Crippen molar-refractivity contribution in [3.05, 3.63) is 42.5 Å². The van der Waals surface area contributed by atoms with Crippen molar-refractivity contribution >= 4 is 0 Å². The second kappa shape index (κ2) is 8.38. The topological polar surface area (TPSA) is 29.5 Å². The van der Waals surface area contributed by atoms with Crippen molar-refractivity contribution in [2.45, 2.75) is 6.61 Å². The van der Waals surface area contributed by atoms with Crippen molar-refractivity contribution < 1.29 is 61.2 Å². The minimum atomic E-state index is 0. The molecule has 0 radical (unpaired) electrons. The Hall–Kier alpha value is 0.776. The van der Waals surface area contributed by atoms with E-state index in [-0.39, 0.29) is 58.0 Å². The molecule has 2 nitrogen and oxygen atoms in total. The van der Waals surface area contributed by atoms with Crippen LogP contribution in [0.5, 0.6) is 0 Å². The van der Waals surface area contributed by atoms with E-state index < -0.39 is 0 Å². The van der Waals surface area contributed by atoms with Gasteiger partial charge in [0.05, 0.1) is 6.61 Å². The molecule has 0 aliphatic rings. The molecule has 1 N–H and O–H groups in total. The molecule has 0 spiro atoms. The van der Waals surface area contributed by atoms with Crippen LogP contribution in [0, 0.1) is 6.61 Å². The number of hydrogen-bond acceptors (Lipinski definition) is 2. The molecule has 0 amide bonds. The third-order valence-corrected chi connectivity index (χ3v) is 1.30. The van der Waals surface area contributed by atoms with Crippen LogP contribution >= 0.6 is 0 Å². The van der Waals surface area contributed by atoms with Gasteiger partial charge in [0.15, 0.2) is 0 Å². The van der Waals surface area contributed by atoms with Crippen molar-refractivity contribution in [3.63, 3.8) is 0 Å². The maximum atomic E-state index is 8.29. The molecule has 0 aliphatic heterocycles. The van der Waals surface area contributed by atoms with Crippen LogP contribution in [0.25, 0.3) is 0 Å². The second-order valence-corrected chi connectivity index (χ2v) is 2.18. The van der Waals surface area contributed by atoms with Crippen LogP contribution in [-0.2, 0) is 11.3 Å². The predicted octanol–water partition coefficient (Wildman–Crippen LogP) is -1.26. The van der Waals surface area contributed by atoms with Crippen molar-refractivity contribution in [2.24, 2.45) is 0 Å². The summed E-state index contributed by atoms with van der Waals surface area (Å²) in [5.41, 5.74) is 1.12. The van der Waals surface area contributed by atoms with Crippen LogP contribution < -0.4 is 51.4 Å². The first-order chi connectivity index (χ1) is 5.43. The number of hydrogen-bond donors (Lipinski definition) is 1. The molecule has 0 bridgehead atoms. The molecule has 1 aromatic rings. The van der Waals surface area contributed by atoms with Gasteiger partial charge in [-0.05, 0) is 5.56 Å². The Kier molecular flexibility index (Phi) is 8.92. The Morgan fingerprint density at radius 2 is 1.92 bits per heavy atom. The van der Waals surface area contributed by atoms with E-state index in [0.29, 0.717) is 6.61 Å². The first kappa shape index (κ1) is 12.8. The third kappa shape index (κ3) is 5.43. The molecule has 0 heterocycles. The zero-order valence-electron chi connectivity index (χ0n) is 7.23. The summed E-state index contributed by atoms with van der Waals surface area (Å²) in [5, 5.41) is 8.29. The summed E-state index contributed by atoms with van der Waals surface area (Å²) < 4.78 is 5.06. The summed E-state index contributed by atoms with van der Waals surface area (Å²) >= 11 is 0. The molecule has 0 saturated heterocycles. The van der Waals surface area contributed by atoms with Crippen LogP contribution in [0.1, 0.15) is 5.56 Å². The zero-order chi connectivity index (χ0) is 7.94. The van der Waals surface area contributed by atoms with Gasteiger partial charge in [0.25, 0.3) is 0 Å².